The van der Waals surface area contributed by atoms with E-state index in [0.29, 0.717) is 34.9 Å². The number of hydrogen-bond donors (Lipinski definition) is 2. The Morgan fingerprint density at radius 2 is 1.08 bits per heavy atom. The van der Waals surface area contributed by atoms with E-state index in [9.17, 15) is 18.4 Å². The highest BCUT2D eigenvalue weighted by molar-refractivity contribution is 8.01. The van der Waals surface area contributed by atoms with Gasteiger partial charge in [-0.3, -0.25) is 9.59 Å². The maximum Gasteiger partial charge on any atom is 0.240 e. The summed E-state index contributed by atoms with van der Waals surface area (Å²) < 4.78 is 29.1. The fraction of sp³-hybridized carbons (Fsp3) is 0.364. The van der Waals surface area contributed by atoms with Crippen molar-refractivity contribution in [3.8, 4) is 22.8 Å². The molecule has 0 saturated heterocycles. The van der Waals surface area contributed by atoms with Gasteiger partial charge in [-0.2, -0.15) is 13.8 Å². The fourth-order valence-corrected chi connectivity index (χ4v) is 7.77. The van der Waals surface area contributed by atoms with Crippen LogP contribution in [0.5, 0.6) is 0 Å². The lowest BCUT2D eigenvalue weighted by Gasteiger charge is -2.23. The number of aromatic nitrogens is 8. The number of thioether (sulfide) groups is 2. The minimum Gasteiger partial charge on any atom is -0.357 e. The lowest BCUT2D eigenvalue weighted by Crippen LogP contribution is -2.34. The summed E-state index contributed by atoms with van der Waals surface area (Å²) >= 11 is 2.63. The van der Waals surface area contributed by atoms with Gasteiger partial charge < -0.3 is 24.7 Å². The van der Waals surface area contributed by atoms with Crippen LogP contribution in [0.3, 0.4) is 0 Å². The Balaban J connectivity index is 0.000000406. The predicted molar refractivity (Wildman–Crippen MR) is 247 cm³/mol. The fourth-order valence-electron chi connectivity index (χ4n) is 5.75. The lowest BCUT2D eigenvalue weighted by atomic mass is 10.2. The van der Waals surface area contributed by atoms with Crippen molar-refractivity contribution in [2.45, 2.75) is 102 Å². The molecule has 2 N–H and O–H groups in total. The first-order valence-electron chi connectivity index (χ1n) is 20.2. The highest BCUT2D eigenvalue weighted by Gasteiger charge is 2.33. The number of benzene rings is 2. The molecule has 0 aliphatic carbocycles. The van der Waals surface area contributed by atoms with Crippen LogP contribution in [0.2, 0.25) is 0 Å². The summed E-state index contributed by atoms with van der Waals surface area (Å²) in [6.07, 6.45) is 1.81. The average molecular weight is 876 g/mol. The number of nitrogens with zero attached hydrogens (tertiary/aromatic N) is 9. The third-order valence-corrected chi connectivity index (χ3v) is 11.4. The summed E-state index contributed by atoms with van der Waals surface area (Å²) in [6, 6.07) is 24.8. The molecule has 0 unspecified atom stereocenters. The van der Waals surface area contributed by atoms with Gasteiger partial charge in [0.05, 0.1) is 9.49 Å². The summed E-state index contributed by atoms with van der Waals surface area (Å²) in [4.78, 5) is 35.4. The molecule has 0 fully saturated rings. The van der Waals surface area contributed by atoms with Crippen molar-refractivity contribution in [1.29, 1.82) is 0 Å². The van der Waals surface area contributed by atoms with Gasteiger partial charge >= 0.3 is 0 Å². The van der Waals surface area contributed by atoms with E-state index in [-0.39, 0.29) is 20.2 Å². The number of hydrogen-bond acceptors (Lipinski definition) is 11. The Bertz CT molecular complexity index is 2330. The first-order chi connectivity index (χ1) is 29.2. The summed E-state index contributed by atoms with van der Waals surface area (Å²) in [5.41, 5.74) is 2.67. The van der Waals surface area contributed by atoms with Crippen LogP contribution in [0.1, 0.15) is 72.1 Å². The Morgan fingerprint density at radius 3 is 1.49 bits per heavy atom. The molecule has 328 valence electrons. The lowest BCUT2D eigenvalue weighted by molar-refractivity contribution is -0.118. The van der Waals surface area contributed by atoms with E-state index < -0.39 is 21.4 Å². The van der Waals surface area contributed by atoms with Gasteiger partial charge in [0, 0.05) is 69.9 Å². The van der Waals surface area contributed by atoms with Crippen LogP contribution in [-0.2, 0) is 22.7 Å². The van der Waals surface area contributed by atoms with Crippen molar-refractivity contribution in [3.05, 3.63) is 103 Å². The first kappa shape index (κ1) is 48.0. The third kappa shape index (κ3) is 12.7. The number of rotatable bonds is 15. The van der Waals surface area contributed by atoms with Gasteiger partial charge in [0.1, 0.15) is 5.82 Å². The Labute approximate surface area is 368 Å². The number of para-hydroxylation sites is 2. The molecule has 0 atom stereocenters. The van der Waals surface area contributed by atoms with E-state index in [2.05, 4.69) is 66.7 Å². The van der Waals surface area contributed by atoms with E-state index in [4.69, 9.17) is 0 Å². The van der Waals surface area contributed by atoms with E-state index in [1.54, 1.807) is 30.5 Å². The number of pyridine rings is 2. The standard InChI is InChI=1S/C23H30N6OS.C19H19F2N5OS.C2H6.2H2/c1-6-28(7-2)19-16-17(14-15-24-19)20-26-27-22(29(20)8-3)31-23(4,5)21(30)25-18-12-10-9-11-13-18;1-4-26-16(12-10-14(20)23-15(21)11-12)24-25-18(26)28-19(2,3)17(27)22-13-8-6-5-7-9-13;1-2;;/h9-16H,6-8H2,1-5H3,(H,25,30);5-11H,4H2,1-3H3,(H,22,27);1-2H3;2*1H. The molecule has 0 bridgehead atoms. The maximum atomic E-state index is 13.5. The van der Waals surface area contributed by atoms with Crippen LogP contribution in [0.15, 0.2) is 101 Å². The predicted octanol–water partition coefficient (Wildman–Crippen LogP) is 10.4. The van der Waals surface area contributed by atoms with Crippen molar-refractivity contribution < 1.29 is 21.2 Å². The van der Waals surface area contributed by atoms with Crippen LogP contribution in [0.25, 0.3) is 22.8 Å². The van der Waals surface area contributed by atoms with Gasteiger partial charge in [0.15, 0.2) is 22.0 Å². The highest BCUT2D eigenvalue weighted by Crippen LogP contribution is 2.36. The number of carbonyl (C=O) groups is 2. The zero-order chi connectivity index (χ0) is 44.7. The number of halogens is 2. The smallest absolute Gasteiger partial charge is 0.240 e. The van der Waals surface area contributed by atoms with Gasteiger partial charge in [-0.1, -0.05) is 73.8 Å². The van der Waals surface area contributed by atoms with Crippen molar-refractivity contribution in [3.63, 3.8) is 0 Å². The van der Waals surface area contributed by atoms with E-state index in [1.165, 1.54) is 23.5 Å². The second-order valence-corrected chi connectivity index (χ2v) is 17.2. The van der Waals surface area contributed by atoms with E-state index in [1.807, 2.05) is 106 Å². The van der Waals surface area contributed by atoms with Gasteiger partial charge in [-0.25, -0.2) is 4.98 Å². The van der Waals surface area contributed by atoms with Gasteiger partial charge in [-0.15, -0.1) is 20.4 Å². The molecule has 4 aromatic heterocycles. The van der Waals surface area contributed by atoms with E-state index in [0.717, 1.165) is 48.1 Å². The molecule has 0 aliphatic heterocycles. The second-order valence-electron chi connectivity index (χ2n) is 14.0. The number of amides is 2. The van der Waals surface area contributed by atoms with Crippen LogP contribution < -0.4 is 15.5 Å². The van der Waals surface area contributed by atoms with Gasteiger partial charge in [0.2, 0.25) is 23.7 Å². The van der Waals surface area contributed by atoms with Gasteiger partial charge in [0.25, 0.3) is 0 Å². The van der Waals surface area contributed by atoms with Crippen LogP contribution in [0, 0.1) is 11.9 Å². The van der Waals surface area contributed by atoms with Crippen LogP contribution in [-0.4, -0.2) is 73.9 Å². The van der Waals surface area contributed by atoms with E-state index >= 15 is 0 Å². The minimum atomic E-state index is -0.933. The summed E-state index contributed by atoms with van der Waals surface area (Å²) in [5.74, 6) is -0.134. The van der Waals surface area contributed by atoms with Crippen molar-refractivity contribution in [2.75, 3.05) is 28.6 Å². The molecule has 4 heterocycles. The molecular formula is C44H59F2N11O2S2. The number of nitrogens with one attached hydrogen (secondary N) is 2. The molecule has 17 heteroatoms. The highest BCUT2D eigenvalue weighted by atomic mass is 32.2. The molecule has 6 rings (SSSR count). The van der Waals surface area contributed by atoms with Gasteiger partial charge in [-0.05, 0) is 91.8 Å². The van der Waals surface area contributed by atoms with Crippen molar-refractivity contribution in [2.24, 2.45) is 0 Å². The maximum absolute atomic E-state index is 13.5. The Kier molecular flexibility index (Phi) is 17.5. The number of anilines is 3. The van der Waals surface area contributed by atoms with Crippen molar-refractivity contribution >= 4 is 52.5 Å². The third-order valence-electron chi connectivity index (χ3n) is 9.03. The Morgan fingerprint density at radius 1 is 0.656 bits per heavy atom. The number of carbonyl (C=O) groups excluding carboxylic acids is 2. The molecule has 0 spiro atoms. The normalized spacial score (nSPS) is 11.1. The SMILES string of the molecule is CC.CCN(CC)c1cc(-c2nnc(SC(C)(C)C(=O)Nc3ccccc3)n2CC)ccn1.CCn1c(SC(C)(C)C(=O)Nc2ccccc2)nnc1-c1cc(F)nc(F)c1.[HH].[HH]. The first-order valence-corrected chi connectivity index (χ1v) is 21.8. The minimum absolute atomic E-state index is 0. The van der Waals surface area contributed by atoms with Crippen LogP contribution >= 0.6 is 23.5 Å². The molecule has 6 aromatic rings. The Hall–Kier alpha value is -5.68. The summed E-state index contributed by atoms with van der Waals surface area (Å²) in [6.45, 7) is 22.4. The monoisotopic (exact) mass is 875 g/mol. The topological polar surface area (TPSA) is 149 Å². The van der Waals surface area contributed by atoms with Crippen LogP contribution in [0.4, 0.5) is 26.0 Å². The quantitative estimate of drug-likeness (QED) is 0.0750. The molecule has 13 nitrogen and oxygen atoms in total. The summed E-state index contributed by atoms with van der Waals surface area (Å²) in [5, 5.41) is 24.1. The second kappa shape index (κ2) is 22.2. The zero-order valence-corrected chi connectivity index (χ0v) is 38.0. The van der Waals surface area contributed by atoms with Crippen molar-refractivity contribution in [1.82, 2.24) is 39.5 Å². The molecule has 0 radical (unpaired) electrons. The molecular weight excluding hydrogens is 817 g/mol. The zero-order valence-electron chi connectivity index (χ0n) is 36.4. The molecule has 0 aliphatic rings. The largest absolute Gasteiger partial charge is 0.357 e. The molecule has 2 aromatic carbocycles. The molecule has 2 amide bonds. The molecule has 61 heavy (non-hydrogen) atoms. The molecule has 0 saturated carbocycles. The summed E-state index contributed by atoms with van der Waals surface area (Å²) in [7, 11) is 0. The average Bonchev–Trinajstić information content (AvgIpc) is 3.85.